The minimum Gasteiger partial charge on any atom is -1.00 e. The van der Waals surface area contributed by atoms with Crippen LogP contribution in [0, 0.1) is 50.4 Å². The van der Waals surface area contributed by atoms with Crippen molar-refractivity contribution < 1.29 is 52.3 Å². The van der Waals surface area contributed by atoms with Crippen LogP contribution >= 0.6 is 0 Å². The van der Waals surface area contributed by atoms with Crippen molar-refractivity contribution in [2.75, 3.05) is 55.8 Å². The third-order valence-electron chi connectivity index (χ3n) is 10.1. The summed E-state index contributed by atoms with van der Waals surface area (Å²) in [5, 5.41) is 27.2. The first-order chi connectivity index (χ1) is 33.1. The Bertz CT molecular complexity index is 2970. The number of nitriles is 2. The van der Waals surface area contributed by atoms with Gasteiger partial charge in [0.2, 0.25) is 0 Å². The van der Waals surface area contributed by atoms with Crippen LogP contribution in [0.2, 0.25) is 0 Å². The Labute approximate surface area is 430 Å². The van der Waals surface area contributed by atoms with Crippen molar-refractivity contribution in [1.82, 2.24) is 24.1 Å². The molecule has 0 fully saturated rings. The molecule has 3 heterocycles. The van der Waals surface area contributed by atoms with E-state index in [2.05, 4.69) is 63.4 Å². The number of nitrogens with zero attached hydrogens (tertiary/aromatic N) is 6. The summed E-state index contributed by atoms with van der Waals surface area (Å²) in [6, 6.07) is 15.8. The molecule has 0 saturated heterocycles. The van der Waals surface area contributed by atoms with E-state index < -0.39 is 43.8 Å². The summed E-state index contributed by atoms with van der Waals surface area (Å²) in [6.07, 6.45) is 7.01. The van der Waals surface area contributed by atoms with Gasteiger partial charge in [-0.05, 0) is 148 Å². The van der Waals surface area contributed by atoms with E-state index in [-0.39, 0.29) is 19.0 Å². The molecule has 0 aliphatic rings. The maximum absolute atomic E-state index is 11.9. The number of unbranched alkanes of at least 4 members (excludes halogenated alkanes) is 2. The number of hydrogen-bond donors (Lipinski definition) is 6. The van der Waals surface area contributed by atoms with E-state index in [9.17, 15) is 36.9 Å². The molecule has 0 unspecified atom stereocenters. The van der Waals surface area contributed by atoms with Crippen LogP contribution in [0.5, 0.6) is 0 Å². The van der Waals surface area contributed by atoms with Crippen LogP contribution in [0.3, 0.4) is 0 Å². The number of halogens is 1. The molecule has 0 spiro atoms. The zero-order valence-corrected chi connectivity index (χ0v) is 45.5. The number of pyridine rings is 3. The number of anilines is 3. The Morgan fingerprint density at radius 2 is 1.08 bits per heavy atom. The van der Waals surface area contributed by atoms with Crippen molar-refractivity contribution in [2.45, 2.75) is 106 Å². The number of aromatic nitrogens is 3. The largest absolute Gasteiger partial charge is 1.00 e. The molecule has 3 aromatic heterocycles. The minimum absolute atomic E-state index is 0. The van der Waals surface area contributed by atoms with Crippen molar-refractivity contribution in [2.24, 2.45) is 5.73 Å². The van der Waals surface area contributed by atoms with Gasteiger partial charge in [-0.15, -0.1) is 8.42 Å². The lowest BCUT2D eigenvalue weighted by Crippen LogP contribution is -3.00. The molecule has 7 N–H and O–H groups in total. The second-order valence-electron chi connectivity index (χ2n) is 18.7. The van der Waals surface area contributed by atoms with E-state index >= 15 is 0 Å². The lowest BCUT2D eigenvalue weighted by molar-refractivity contribution is -0.512. The summed E-state index contributed by atoms with van der Waals surface area (Å²) in [6.45, 7) is 20.3. The van der Waals surface area contributed by atoms with Gasteiger partial charge in [-0.2, -0.15) is 28.4 Å². The van der Waals surface area contributed by atoms with E-state index in [0.29, 0.717) is 37.1 Å². The third kappa shape index (κ3) is 19.9. The lowest BCUT2D eigenvalue weighted by atomic mass is 10.0. The quantitative estimate of drug-likeness (QED) is 0.0605. The fourth-order valence-corrected chi connectivity index (χ4v) is 7.92. The van der Waals surface area contributed by atoms with Crippen LogP contribution < -0.4 is 51.8 Å². The topological polar surface area (TPSA) is 288 Å². The molecular formula is C49H69ClN12O8S2. The average Bonchev–Trinajstić information content (AvgIpc) is 3.26. The number of aryl methyl sites for hydroxylation is 4. The summed E-state index contributed by atoms with van der Waals surface area (Å²) >= 11 is 0. The predicted molar refractivity (Wildman–Crippen MR) is 277 cm³/mol. The van der Waals surface area contributed by atoms with Crippen molar-refractivity contribution >= 4 is 71.5 Å². The fraction of sp³-hybridized carbons (Fsp3) is 0.449. The van der Waals surface area contributed by atoms with Crippen LogP contribution in [-0.4, -0.2) is 90.5 Å². The van der Waals surface area contributed by atoms with E-state index in [0.717, 1.165) is 73.4 Å². The van der Waals surface area contributed by atoms with Gasteiger partial charge in [-0.25, -0.2) is 14.3 Å². The molecule has 2 amide bonds. The normalized spacial score (nSPS) is 11.3. The molecule has 0 saturated carbocycles. The van der Waals surface area contributed by atoms with Crippen LogP contribution in [0.15, 0.2) is 61.2 Å². The Balaban J connectivity index is 0.000000382. The molecular weight excluding hydrogens is 984 g/mol. The van der Waals surface area contributed by atoms with Gasteiger partial charge in [0, 0.05) is 74.7 Å². The molecule has 23 heteroatoms. The maximum Gasteiger partial charge on any atom is 0.474 e. The van der Waals surface area contributed by atoms with E-state index in [1.165, 1.54) is 23.5 Å². The Hall–Kier alpha value is -6.56. The van der Waals surface area contributed by atoms with Crippen molar-refractivity contribution in [3.05, 3.63) is 94.6 Å². The summed E-state index contributed by atoms with van der Waals surface area (Å²) in [5.74, 6) is 0. The third-order valence-corrected chi connectivity index (χ3v) is 12.4. The lowest BCUT2D eigenvalue weighted by Gasteiger charge is -2.19. The molecule has 0 atom stereocenters. The number of hydrogen-bond acceptors (Lipinski definition) is 16. The van der Waals surface area contributed by atoms with Crippen molar-refractivity contribution in [1.29, 1.82) is 10.5 Å². The second-order valence-corrected chi connectivity index (χ2v) is 21.7. The zero-order chi connectivity index (χ0) is 53.3. The van der Waals surface area contributed by atoms with E-state index in [1.54, 1.807) is 66.1 Å². The Morgan fingerprint density at radius 1 is 0.681 bits per heavy atom. The number of nitrogens with one attached hydrogen (secondary N) is 5. The summed E-state index contributed by atoms with van der Waals surface area (Å²) in [5.41, 5.74) is 13.8. The number of nitrogens with two attached hydrogens (primary N) is 1. The van der Waals surface area contributed by atoms with Crippen LogP contribution in [0.1, 0.15) is 101 Å². The van der Waals surface area contributed by atoms with Gasteiger partial charge in [0.25, 0.3) is 0 Å². The standard InChI is InChI=1S/C21H29N5O4S.C16H20N4.C12H19N3O4S.ClH/c1-14-10-17-18(11-15(14)2)24-13-16(12-22)19(17)23-8-6-7-9-25-31(28,29)26-20(27)30-21(3,4)5;1-11-7-14-15(8-12(11)2)20-10-13(9-18)16(14)19-6-4-3-5-17;1-12(2,3)19-11(16)13-20(17,18)15-8-6-10(7-9-15)14(4)5;/h10-11,13,25H,6-9H2,1-5H3,(H,23,24)(H,26,27);7-8,10H,3-6,17H2,1-2H3,(H,19,20);6-9H,1-5H3;1H. The van der Waals surface area contributed by atoms with Gasteiger partial charge in [0.15, 0.2) is 12.4 Å². The highest BCUT2D eigenvalue weighted by molar-refractivity contribution is 7.88. The molecule has 0 aliphatic carbocycles. The molecule has 392 valence electrons. The number of carbonyl (C=O) groups excluding carboxylic acids is 2. The smallest absolute Gasteiger partial charge is 0.474 e. The highest BCUT2D eigenvalue weighted by Crippen LogP contribution is 2.29. The van der Waals surface area contributed by atoms with Gasteiger partial charge in [0.05, 0.1) is 33.5 Å². The molecule has 5 rings (SSSR count). The number of benzene rings is 2. The van der Waals surface area contributed by atoms with Gasteiger partial charge in [-0.3, -0.25) is 9.97 Å². The highest BCUT2D eigenvalue weighted by atomic mass is 35.5. The van der Waals surface area contributed by atoms with Crippen molar-refractivity contribution in [3.8, 4) is 12.1 Å². The molecule has 0 aliphatic heterocycles. The summed E-state index contributed by atoms with van der Waals surface area (Å²) in [7, 11) is -4.31. The molecule has 0 bridgehead atoms. The first kappa shape index (κ1) is 61.6. The number of carbonyl (C=O) groups is 2. The molecule has 2 aromatic carbocycles. The summed E-state index contributed by atoms with van der Waals surface area (Å²) < 4.78 is 64.4. The average molecular weight is 1050 g/mol. The van der Waals surface area contributed by atoms with E-state index in [1.807, 2.05) is 54.4 Å². The number of fused-ring (bicyclic) bond motifs is 2. The van der Waals surface area contributed by atoms with Gasteiger partial charge in [-0.1, -0.05) is 3.97 Å². The Kier molecular flexibility index (Phi) is 23.4. The van der Waals surface area contributed by atoms with Crippen LogP contribution in [0.4, 0.5) is 26.7 Å². The molecule has 72 heavy (non-hydrogen) atoms. The maximum atomic E-state index is 11.9. The van der Waals surface area contributed by atoms with Crippen molar-refractivity contribution in [3.63, 3.8) is 0 Å². The predicted octanol–water partition coefficient (Wildman–Crippen LogP) is 3.81. The zero-order valence-electron chi connectivity index (χ0n) is 43.2. The number of amides is 2. The molecule has 20 nitrogen and oxygen atoms in total. The SMILES string of the molecule is CN(C)c1cc[n+](S(=O)(=O)NC(=O)OC(C)(C)C)cc1.Cc1cc2ncc(C#N)c(NCCCCN)c2cc1C.Cc1cc2ncc(C#N)c(NCCCCNS(=O)(=O)NC(=O)OC(C)(C)C)c2cc1C.[Cl-]. The first-order valence-corrected chi connectivity index (χ1v) is 25.8. The van der Waals surface area contributed by atoms with Crippen LogP contribution in [0.25, 0.3) is 21.8 Å². The Morgan fingerprint density at radius 3 is 1.49 bits per heavy atom. The monoisotopic (exact) mass is 1050 g/mol. The minimum atomic E-state index is -4.00. The molecule has 5 aromatic rings. The number of ether oxygens (including phenoxy) is 2. The number of rotatable bonds is 16. The van der Waals surface area contributed by atoms with E-state index in [4.69, 9.17) is 15.2 Å². The highest BCUT2D eigenvalue weighted by Gasteiger charge is 2.28. The fourth-order valence-electron chi connectivity index (χ4n) is 6.37. The second kappa shape index (κ2) is 27.3. The first-order valence-electron chi connectivity index (χ1n) is 22.8. The van der Waals surface area contributed by atoms with Crippen LogP contribution in [-0.2, 0) is 29.9 Å². The van der Waals surface area contributed by atoms with Gasteiger partial charge in [0.1, 0.15) is 23.3 Å². The van der Waals surface area contributed by atoms with Gasteiger partial charge < -0.3 is 43.1 Å². The summed E-state index contributed by atoms with van der Waals surface area (Å²) in [4.78, 5) is 33.6. The molecule has 0 radical (unpaired) electrons. The van der Waals surface area contributed by atoms with Gasteiger partial charge >= 0.3 is 32.6 Å².